The van der Waals surface area contributed by atoms with E-state index in [-0.39, 0.29) is 24.9 Å². The van der Waals surface area contributed by atoms with Crippen molar-refractivity contribution in [1.82, 2.24) is 16.2 Å². The molecule has 2 aromatic rings. The lowest BCUT2D eigenvalue weighted by atomic mass is 10.0. The number of rotatable bonds is 5. The summed E-state index contributed by atoms with van der Waals surface area (Å²) in [5.74, 6) is -1.13. The first kappa shape index (κ1) is 19.4. The Bertz CT molecular complexity index is 881. The smallest absolute Gasteiger partial charge is 0.257 e. The molecule has 7 nitrogen and oxygen atoms in total. The topological polar surface area (TPSA) is 90.5 Å². The van der Waals surface area contributed by atoms with Crippen molar-refractivity contribution in [3.63, 3.8) is 0 Å². The number of amides is 3. The summed E-state index contributed by atoms with van der Waals surface area (Å²) in [6, 6.07) is 15.1. The van der Waals surface area contributed by atoms with Gasteiger partial charge in [-0.1, -0.05) is 36.4 Å². The van der Waals surface area contributed by atoms with E-state index in [9.17, 15) is 14.4 Å². The standard InChI is InChI=1S/C21H24N4O3/c1-15-7-2-4-10-17(15)21(28)22-13-19(26)23-24-20(27)14-25-12-6-9-16-8-3-5-11-18(16)25/h2-5,7-8,10-11H,6,9,12-14H2,1H3,(H,22,28)(H,23,26)(H,24,27). The maximum absolute atomic E-state index is 12.2. The minimum atomic E-state index is -0.491. The van der Waals surface area contributed by atoms with E-state index in [4.69, 9.17) is 0 Å². The molecule has 7 heteroatoms. The summed E-state index contributed by atoms with van der Waals surface area (Å²) in [5, 5.41) is 2.54. The maximum Gasteiger partial charge on any atom is 0.257 e. The first-order valence-electron chi connectivity index (χ1n) is 9.29. The highest BCUT2D eigenvalue weighted by Crippen LogP contribution is 2.26. The van der Waals surface area contributed by atoms with Crippen LogP contribution in [0.1, 0.15) is 27.9 Å². The number of aryl methyl sites for hydroxylation is 2. The number of carbonyl (C=O) groups excluding carboxylic acids is 3. The van der Waals surface area contributed by atoms with Gasteiger partial charge in [0.1, 0.15) is 0 Å². The highest BCUT2D eigenvalue weighted by atomic mass is 16.2. The average Bonchev–Trinajstić information content (AvgIpc) is 2.71. The molecule has 28 heavy (non-hydrogen) atoms. The molecule has 0 unspecified atom stereocenters. The number of fused-ring (bicyclic) bond motifs is 1. The van der Waals surface area contributed by atoms with Crippen LogP contribution in [0.3, 0.4) is 0 Å². The molecule has 146 valence electrons. The van der Waals surface area contributed by atoms with E-state index in [1.807, 2.05) is 42.2 Å². The maximum atomic E-state index is 12.2. The number of para-hydroxylation sites is 1. The molecule has 0 spiro atoms. The number of nitrogens with zero attached hydrogens (tertiary/aromatic N) is 1. The molecule has 0 fully saturated rings. The summed E-state index contributed by atoms with van der Waals surface area (Å²) in [5.41, 5.74) is 8.37. The number of benzene rings is 2. The fraction of sp³-hybridized carbons (Fsp3) is 0.286. The van der Waals surface area contributed by atoms with Gasteiger partial charge in [0.2, 0.25) is 0 Å². The van der Waals surface area contributed by atoms with Gasteiger partial charge in [-0.3, -0.25) is 25.2 Å². The highest BCUT2D eigenvalue weighted by molar-refractivity contribution is 5.97. The fourth-order valence-electron chi connectivity index (χ4n) is 3.26. The number of hydrogen-bond donors (Lipinski definition) is 3. The highest BCUT2D eigenvalue weighted by Gasteiger charge is 2.19. The number of hydrogen-bond acceptors (Lipinski definition) is 4. The predicted octanol–water partition coefficient (Wildman–Crippen LogP) is 1.33. The molecule has 3 amide bonds. The van der Waals surface area contributed by atoms with Crippen LogP contribution in [0.15, 0.2) is 48.5 Å². The monoisotopic (exact) mass is 380 g/mol. The zero-order valence-electron chi connectivity index (χ0n) is 15.8. The van der Waals surface area contributed by atoms with Crippen LogP contribution in [0.2, 0.25) is 0 Å². The van der Waals surface area contributed by atoms with Crippen LogP contribution in [0.5, 0.6) is 0 Å². The van der Waals surface area contributed by atoms with E-state index < -0.39 is 5.91 Å². The van der Waals surface area contributed by atoms with Gasteiger partial charge in [-0.25, -0.2) is 0 Å². The third-order valence-electron chi connectivity index (χ3n) is 4.68. The lowest BCUT2D eigenvalue weighted by Crippen LogP contribution is -2.50. The molecule has 3 rings (SSSR count). The molecule has 0 radical (unpaired) electrons. The first-order valence-corrected chi connectivity index (χ1v) is 9.29. The largest absolute Gasteiger partial charge is 0.362 e. The second-order valence-electron chi connectivity index (χ2n) is 6.75. The Balaban J connectivity index is 1.43. The van der Waals surface area contributed by atoms with Crippen molar-refractivity contribution in [3.05, 3.63) is 65.2 Å². The molecular formula is C21H24N4O3. The molecule has 0 aliphatic carbocycles. The normalized spacial score (nSPS) is 12.7. The molecule has 0 bridgehead atoms. The number of nitrogens with one attached hydrogen (secondary N) is 3. The van der Waals surface area contributed by atoms with Gasteiger partial charge in [-0.05, 0) is 43.0 Å². The summed E-state index contributed by atoms with van der Waals surface area (Å²) >= 11 is 0. The van der Waals surface area contributed by atoms with E-state index in [0.717, 1.165) is 30.6 Å². The van der Waals surface area contributed by atoms with E-state index in [1.54, 1.807) is 12.1 Å². The van der Waals surface area contributed by atoms with E-state index >= 15 is 0 Å². The van der Waals surface area contributed by atoms with Gasteiger partial charge >= 0.3 is 0 Å². The number of anilines is 1. The van der Waals surface area contributed by atoms with Crippen molar-refractivity contribution < 1.29 is 14.4 Å². The van der Waals surface area contributed by atoms with Gasteiger partial charge in [0.05, 0.1) is 13.1 Å². The van der Waals surface area contributed by atoms with Gasteiger partial charge in [-0.15, -0.1) is 0 Å². The molecule has 0 saturated heterocycles. The van der Waals surface area contributed by atoms with E-state index in [1.165, 1.54) is 5.56 Å². The molecule has 0 saturated carbocycles. The third kappa shape index (κ3) is 4.88. The van der Waals surface area contributed by atoms with Gasteiger partial charge in [-0.2, -0.15) is 0 Å². The van der Waals surface area contributed by atoms with Crippen molar-refractivity contribution in [2.24, 2.45) is 0 Å². The zero-order valence-corrected chi connectivity index (χ0v) is 15.8. The fourth-order valence-corrected chi connectivity index (χ4v) is 3.26. The molecule has 3 N–H and O–H groups in total. The predicted molar refractivity (Wildman–Crippen MR) is 107 cm³/mol. The molecule has 1 heterocycles. The summed E-state index contributed by atoms with van der Waals surface area (Å²) in [4.78, 5) is 38.2. The Morgan fingerprint density at radius 3 is 2.50 bits per heavy atom. The Morgan fingerprint density at radius 2 is 1.68 bits per heavy atom. The van der Waals surface area contributed by atoms with E-state index in [0.29, 0.717) is 5.56 Å². The minimum Gasteiger partial charge on any atom is -0.362 e. The third-order valence-corrected chi connectivity index (χ3v) is 4.68. The molecule has 1 aliphatic rings. The van der Waals surface area contributed by atoms with Crippen LogP contribution >= 0.6 is 0 Å². The zero-order chi connectivity index (χ0) is 19.9. The Morgan fingerprint density at radius 1 is 0.964 bits per heavy atom. The van der Waals surface area contributed by atoms with Crippen molar-refractivity contribution >= 4 is 23.4 Å². The van der Waals surface area contributed by atoms with Crippen LogP contribution in [0, 0.1) is 6.92 Å². The summed E-state index contributed by atoms with van der Waals surface area (Å²) in [6.07, 6.45) is 1.99. The molecule has 2 aromatic carbocycles. The van der Waals surface area contributed by atoms with Crippen molar-refractivity contribution in [1.29, 1.82) is 0 Å². The minimum absolute atomic E-state index is 0.160. The molecular weight excluding hydrogens is 356 g/mol. The molecule has 0 aromatic heterocycles. The van der Waals surface area contributed by atoms with Crippen molar-refractivity contribution in [2.75, 3.05) is 24.5 Å². The van der Waals surface area contributed by atoms with Crippen LogP contribution in [-0.4, -0.2) is 37.4 Å². The van der Waals surface area contributed by atoms with Crippen molar-refractivity contribution in [3.8, 4) is 0 Å². The summed E-state index contributed by atoms with van der Waals surface area (Å²) in [7, 11) is 0. The lowest BCUT2D eigenvalue weighted by molar-refractivity contribution is -0.127. The Kier molecular flexibility index (Phi) is 6.26. The van der Waals surface area contributed by atoms with Gasteiger partial charge in [0, 0.05) is 17.8 Å². The Hall–Kier alpha value is -3.35. The lowest BCUT2D eigenvalue weighted by Gasteiger charge is -2.30. The average molecular weight is 380 g/mol. The number of hydrazine groups is 1. The van der Waals surface area contributed by atoms with E-state index in [2.05, 4.69) is 22.2 Å². The van der Waals surface area contributed by atoms with Crippen LogP contribution < -0.4 is 21.1 Å². The molecule has 0 atom stereocenters. The molecule has 1 aliphatic heterocycles. The van der Waals surface area contributed by atoms with Crippen LogP contribution in [0.4, 0.5) is 5.69 Å². The number of carbonyl (C=O) groups is 3. The Labute approximate surface area is 164 Å². The second-order valence-corrected chi connectivity index (χ2v) is 6.75. The SMILES string of the molecule is Cc1ccccc1C(=O)NCC(=O)NNC(=O)CN1CCCc2ccccc21. The summed E-state index contributed by atoms with van der Waals surface area (Å²) in [6.45, 7) is 2.56. The second kappa shape index (κ2) is 9.03. The van der Waals surface area contributed by atoms with Gasteiger partial charge in [0.25, 0.3) is 17.7 Å². The van der Waals surface area contributed by atoms with Gasteiger partial charge < -0.3 is 10.2 Å². The van der Waals surface area contributed by atoms with Crippen LogP contribution in [0.25, 0.3) is 0 Å². The van der Waals surface area contributed by atoms with Crippen LogP contribution in [-0.2, 0) is 16.0 Å². The first-order chi connectivity index (χ1) is 13.5. The summed E-state index contributed by atoms with van der Waals surface area (Å²) < 4.78 is 0. The quantitative estimate of drug-likeness (QED) is 0.683. The van der Waals surface area contributed by atoms with Crippen molar-refractivity contribution in [2.45, 2.75) is 19.8 Å². The van der Waals surface area contributed by atoms with Gasteiger partial charge in [0.15, 0.2) is 0 Å².